The van der Waals surface area contributed by atoms with Crippen LogP contribution in [0.1, 0.15) is 50.5 Å². The Balaban J connectivity index is 1.62. The fourth-order valence-electron chi connectivity index (χ4n) is 3.78. The molecule has 0 aromatic heterocycles. The molecule has 1 spiro atoms. The number of hydrogen-bond donors (Lipinski definition) is 0. The molecule has 1 aromatic rings. The number of rotatable bonds is 3. The molecule has 2 aliphatic rings. The molecule has 3 heteroatoms. The van der Waals surface area contributed by atoms with E-state index in [1.807, 2.05) is 0 Å². The average Bonchev–Trinajstić information content (AvgIpc) is 2.71. The summed E-state index contributed by atoms with van der Waals surface area (Å²) in [4.78, 5) is 0. The van der Waals surface area contributed by atoms with E-state index in [-0.39, 0.29) is 5.41 Å². The first-order chi connectivity index (χ1) is 9.71. The lowest BCUT2D eigenvalue weighted by Gasteiger charge is -2.53. The summed E-state index contributed by atoms with van der Waals surface area (Å²) >= 11 is 10.1. The zero-order chi connectivity index (χ0) is 14.0. The second-order valence-corrected chi connectivity index (χ2v) is 7.72. The normalized spacial score (nSPS) is 28.9. The highest BCUT2D eigenvalue weighted by atomic mass is 79.9. The minimum atomic E-state index is 0.268. The van der Waals surface area contributed by atoms with E-state index >= 15 is 0 Å². The number of benzene rings is 1. The van der Waals surface area contributed by atoms with Crippen LogP contribution in [0.4, 0.5) is 0 Å². The van der Waals surface area contributed by atoms with E-state index in [1.54, 1.807) is 0 Å². The van der Waals surface area contributed by atoms with Crippen LogP contribution >= 0.6 is 27.5 Å². The van der Waals surface area contributed by atoms with Crippen LogP contribution in [0.5, 0.6) is 0 Å². The molecule has 2 aliphatic carbocycles. The maximum atomic E-state index is 6.57. The van der Waals surface area contributed by atoms with Crippen molar-refractivity contribution in [3.05, 3.63) is 34.3 Å². The Labute approximate surface area is 135 Å². The SMILES string of the molecule is ClC1CC(OCc2cccc(Br)c2)C12CCCCCC2. The molecule has 2 fully saturated rings. The average molecular weight is 358 g/mol. The molecule has 3 rings (SSSR count). The van der Waals surface area contributed by atoms with Gasteiger partial charge >= 0.3 is 0 Å². The Morgan fingerprint density at radius 3 is 2.60 bits per heavy atom. The van der Waals surface area contributed by atoms with Crippen molar-refractivity contribution in [2.24, 2.45) is 5.41 Å². The third-order valence-electron chi connectivity index (χ3n) is 5.06. The summed E-state index contributed by atoms with van der Waals surface area (Å²) in [5.41, 5.74) is 1.51. The molecule has 0 N–H and O–H groups in total. The topological polar surface area (TPSA) is 9.23 Å². The van der Waals surface area contributed by atoms with Crippen LogP contribution in [-0.4, -0.2) is 11.5 Å². The largest absolute Gasteiger partial charge is 0.373 e. The number of ether oxygens (including phenoxy) is 1. The van der Waals surface area contributed by atoms with E-state index in [1.165, 1.54) is 44.1 Å². The smallest absolute Gasteiger partial charge is 0.0721 e. The van der Waals surface area contributed by atoms with E-state index in [2.05, 4.69) is 40.2 Å². The van der Waals surface area contributed by atoms with Crippen LogP contribution in [-0.2, 0) is 11.3 Å². The van der Waals surface area contributed by atoms with Gasteiger partial charge in [0.05, 0.1) is 12.7 Å². The maximum absolute atomic E-state index is 6.57. The Hall–Kier alpha value is -0.0500. The summed E-state index contributed by atoms with van der Waals surface area (Å²) in [6.07, 6.45) is 9.26. The Morgan fingerprint density at radius 2 is 1.95 bits per heavy atom. The highest BCUT2D eigenvalue weighted by Crippen LogP contribution is 2.55. The van der Waals surface area contributed by atoms with Gasteiger partial charge in [0.1, 0.15) is 0 Å². The molecule has 110 valence electrons. The number of alkyl halides is 1. The molecule has 0 radical (unpaired) electrons. The van der Waals surface area contributed by atoms with Crippen molar-refractivity contribution >= 4 is 27.5 Å². The van der Waals surface area contributed by atoms with Gasteiger partial charge in [0.2, 0.25) is 0 Å². The van der Waals surface area contributed by atoms with E-state index in [0.717, 1.165) is 10.9 Å². The monoisotopic (exact) mass is 356 g/mol. The zero-order valence-electron chi connectivity index (χ0n) is 11.8. The van der Waals surface area contributed by atoms with Crippen molar-refractivity contribution in [3.8, 4) is 0 Å². The van der Waals surface area contributed by atoms with Crippen LogP contribution < -0.4 is 0 Å². The lowest BCUT2D eigenvalue weighted by Crippen LogP contribution is -2.55. The molecule has 0 saturated heterocycles. The van der Waals surface area contributed by atoms with Gasteiger partial charge in [0.15, 0.2) is 0 Å². The summed E-state index contributed by atoms with van der Waals surface area (Å²) in [6.45, 7) is 0.704. The minimum absolute atomic E-state index is 0.268. The summed E-state index contributed by atoms with van der Waals surface area (Å²) in [7, 11) is 0. The van der Waals surface area contributed by atoms with Crippen molar-refractivity contribution in [2.45, 2.75) is 63.0 Å². The quantitative estimate of drug-likeness (QED) is 0.632. The summed E-state index contributed by atoms with van der Waals surface area (Å²) in [5, 5.41) is 0.327. The van der Waals surface area contributed by atoms with Gasteiger partial charge in [-0.3, -0.25) is 0 Å². The van der Waals surface area contributed by atoms with Crippen molar-refractivity contribution in [2.75, 3.05) is 0 Å². The van der Waals surface area contributed by atoms with Gasteiger partial charge in [-0.2, -0.15) is 0 Å². The molecule has 2 unspecified atom stereocenters. The molecular weight excluding hydrogens is 336 g/mol. The molecule has 0 aliphatic heterocycles. The third-order valence-corrected chi connectivity index (χ3v) is 6.17. The molecule has 20 heavy (non-hydrogen) atoms. The predicted molar refractivity (Wildman–Crippen MR) is 87.1 cm³/mol. The molecule has 2 saturated carbocycles. The first-order valence-electron chi connectivity index (χ1n) is 7.71. The van der Waals surface area contributed by atoms with Gasteiger partial charge in [-0.25, -0.2) is 0 Å². The lowest BCUT2D eigenvalue weighted by atomic mass is 9.61. The fourth-order valence-corrected chi connectivity index (χ4v) is 4.75. The second-order valence-electron chi connectivity index (χ2n) is 6.28. The molecular formula is C17H22BrClO. The Bertz CT molecular complexity index is 454. The Morgan fingerprint density at radius 1 is 1.20 bits per heavy atom. The predicted octanol–water partition coefficient (Wildman–Crippen LogP) is 5.69. The third kappa shape index (κ3) is 2.93. The molecule has 0 bridgehead atoms. The van der Waals surface area contributed by atoms with E-state index < -0.39 is 0 Å². The second kappa shape index (κ2) is 6.37. The number of halogens is 2. The summed E-state index contributed by atoms with van der Waals surface area (Å²) in [5.74, 6) is 0. The van der Waals surface area contributed by atoms with Gasteiger partial charge in [0, 0.05) is 15.3 Å². The first-order valence-corrected chi connectivity index (χ1v) is 8.94. The summed E-state index contributed by atoms with van der Waals surface area (Å²) in [6, 6.07) is 8.38. The van der Waals surface area contributed by atoms with Crippen LogP contribution in [0.15, 0.2) is 28.7 Å². The molecule has 0 heterocycles. The molecule has 2 atom stereocenters. The standard InChI is InChI=1S/C17H22BrClO/c18-14-7-5-6-13(10-14)12-20-16-11-15(19)17(16)8-3-1-2-4-9-17/h5-7,10,15-16H,1-4,8-9,11-12H2. The number of hydrogen-bond acceptors (Lipinski definition) is 1. The Kier molecular flexibility index (Phi) is 4.74. The van der Waals surface area contributed by atoms with Crippen molar-refractivity contribution in [3.63, 3.8) is 0 Å². The van der Waals surface area contributed by atoms with E-state index in [9.17, 15) is 0 Å². The highest BCUT2D eigenvalue weighted by Gasteiger charge is 2.54. The molecule has 0 amide bonds. The van der Waals surface area contributed by atoms with Gasteiger partial charge < -0.3 is 4.74 Å². The van der Waals surface area contributed by atoms with Crippen LogP contribution in [0.3, 0.4) is 0 Å². The highest BCUT2D eigenvalue weighted by molar-refractivity contribution is 9.10. The van der Waals surface area contributed by atoms with Gasteiger partial charge in [-0.15, -0.1) is 11.6 Å². The van der Waals surface area contributed by atoms with Crippen LogP contribution in [0.2, 0.25) is 0 Å². The zero-order valence-corrected chi connectivity index (χ0v) is 14.1. The van der Waals surface area contributed by atoms with E-state index in [4.69, 9.17) is 16.3 Å². The lowest BCUT2D eigenvalue weighted by molar-refractivity contribution is -0.122. The van der Waals surface area contributed by atoms with Crippen molar-refractivity contribution in [1.82, 2.24) is 0 Å². The maximum Gasteiger partial charge on any atom is 0.0721 e. The summed E-state index contributed by atoms with van der Waals surface area (Å²) < 4.78 is 7.35. The molecule has 1 nitrogen and oxygen atoms in total. The van der Waals surface area contributed by atoms with Gasteiger partial charge in [0.25, 0.3) is 0 Å². The molecule has 1 aromatic carbocycles. The van der Waals surface area contributed by atoms with E-state index in [0.29, 0.717) is 18.1 Å². The minimum Gasteiger partial charge on any atom is -0.373 e. The van der Waals surface area contributed by atoms with Crippen molar-refractivity contribution in [1.29, 1.82) is 0 Å². The van der Waals surface area contributed by atoms with Crippen molar-refractivity contribution < 1.29 is 4.74 Å². The first kappa shape index (κ1) is 14.9. The van der Waals surface area contributed by atoms with Crippen LogP contribution in [0.25, 0.3) is 0 Å². The fraction of sp³-hybridized carbons (Fsp3) is 0.647. The van der Waals surface area contributed by atoms with Gasteiger partial charge in [-0.05, 0) is 37.0 Å². The van der Waals surface area contributed by atoms with Crippen LogP contribution in [0, 0.1) is 5.41 Å². The van der Waals surface area contributed by atoms with Gasteiger partial charge in [-0.1, -0.05) is 53.7 Å².